The number of anilines is 1. The number of nitrogens with one attached hydrogen (secondary N) is 1. The number of hydrogen-bond acceptors (Lipinski definition) is 4. The second-order valence-electron chi connectivity index (χ2n) is 2.16. The van der Waals surface area contributed by atoms with Crippen molar-refractivity contribution in [3.63, 3.8) is 0 Å². The molecule has 0 aliphatic heterocycles. The Hall–Kier alpha value is -1.58. The Morgan fingerprint density at radius 3 is 3.17 bits per heavy atom. The summed E-state index contributed by atoms with van der Waals surface area (Å²) in [4.78, 5) is 13.9. The predicted molar refractivity (Wildman–Crippen MR) is 45.3 cm³/mol. The average molecular weight is 166 g/mol. The molecular formula is C8H10N2O2. The molecule has 0 atom stereocenters. The van der Waals surface area contributed by atoms with Gasteiger partial charge >= 0.3 is 0 Å². The van der Waals surface area contributed by atoms with Crippen LogP contribution in [0.3, 0.4) is 0 Å². The molecule has 0 spiro atoms. The minimum atomic E-state index is 0.287. The summed E-state index contributed by atoms with van der Waals surface area (Å²) in [5.41, 5.74) is 0.779. The van der Waals surface area contributed by atoms with Gasteiger partial charge in [0.1, 0.15) is 12.0 Å². The number of pyridine rings is 1. The van der Waals surface area contributed by atoms with Gasteiger partial charge in [0.25, 0.3) is 0 Å². The van der Waals surface area contributed by atoms with E-state index in [1.807, 2.05) is 0 Å². The molecule has 0 aliphatic rings. The minimum Gasteiger partial charge on any atom is -0.495 e. The van der Waals surface area contributed by atoms with Gasteiger partial charge in [0, 0.05) is 6.07 Å². The highest BCUT2D eigenvalue weighted by Gasteiger charge is 1.93. The van der Waals surface area contributed by atoms with E-state index in [2.05, 4.69) is 10.3 Å². The summed E-state index contributed by atoms with van der Waals surface area (Å²) in [7, 11) is 1.57. The van der Waals surface area contributed by atoms with Crippen molar-refractivity contribution in [1.82, 2.24) is 4.98 Å². The fourth-order valence-corrected chi connectivity index (χ4v) is 0.787. The molecule has 0 radical (unpaired) electrons. The van der Waals surface area contributed by atoms with E-state index in [1.54, 1.807) is 25.6 Å². The Balaban J connectivity index is 2.65. The van der Waals surface area contributed by atoms with E-state index in [1.165, 1.54) is 0 Å². The summed E-state index contributed by atoms with van der Waals surface area (Å²) < 4.78 is 4.94. The zero-order valence-electron chi connectivity index (χ0n) is 6.78. The molecule has 0 aromatic carbocycles. The number of carbonyl (C=O) groups excluding carboxylic acids is 1. The Morgan fingerprint density at radius 2 is 2.50 bits per heavy atom. The first kappa shape index (κ1) is 8.52. The first-order valence-corrected chi connectivity index (χ1v) is 3.53. The van der Waals surface area contributed by atoms with Crippen molar-refractivity contribution in [3.05, 3.63) is 18.5 Å². The molecule has 1 heterocycles. The molecule has 4 nitrogen and oxygen atoms in total. The van der Waals surface area contributed by atoms with Gasteiger partial charge < -0.3 is 14.8 Å². The van der Waals surface area contributed by atoms with E-state index in [0.717, 1.165) is 12.0 Å². The number of methoxy groups -OCH3 is 1. The van der Waals surface area contributed by atoms with Gasteiger partial charge in [-0.05, 0) is 0 Å². The van der Waals surface area contributed by atoms with Crippen molar-refractivity contribution in [1.29, 1.82) is 0 Å². The quantitative estimate of drug-likeness (QED) is 0.669. The highest BCUT2D eigenvalue weighted by atomic mass is 16.5. The maximum atomic E-state index is 10.0. The summed E-state index contributed by atoms with van der Waals surface area (Å²) in [6, 6.07) is 1.77. The summed E-state index contributed by atoms with van der Waals surface area (Å²) >= 11 is 0. The molecule has 0 aliphatic carbocycles. The first-order chi connectivity index (χ1) is 5.86. The number of hydrogen-bond donors (Lipinski definition) is 1. The highest BCUT2D eigenvalue weighted by Crippen LogP contribution is 2.13. The zero-order valence-corrected chi connectivity index (χ0v) is 6.78. The topological polar surface area (TPSA) is 51.2 Å². The third-order valence-corrected chi connectivity index (χ3v) is 1.34. The molecule has 1 rings (SSSR count). The normalized spacial score (nSPS) is 9.08. The van der Waals surface area contributed by atoms with E-state index in [9.17, 15) is 4.79 Å². The third kappa shape index (κ3) is 2.23. The lowest BCUT2D eigenvalue weighted by molar-refractivity contribution is -0.106. The molecule has 12 heavy (non-hydrogen) atoms. The van der Waals surface area contributed by atoms with Gasteiger partial charge in [-0.3, -0.25) is 4.98 Å². The molecule has 64 valence electrons. The predicted octanol–water partition coefficient (Wildman–Crippen LogP) is 0.701. The molecule has 0 amide bonds. The van der Waals surface area contributed by atoms with E-state index in [-0.39, 0.29) is 6.54 Å². The summed E-state index contributed by atoms with van der Waals surface area (Å²) in [5, 5.41) is 2.86. The van der Waals surface area contributed by atoms with Crippen LogP contribution in [0.1, 0.15) is 0 Å². The van der Waals surface area contributed by atoms with Crippen molar-refractivity contribution >= 4 is 12.0 Å². The second-order valence-corrected chi connectivity index (χ2v) is 2.16. The smallest absolute Gasteiger partial charge is 0.139 e. The number of carbonyl (C=O) groups is 1. The fourth-order valence-electron chi connectivity index (χ4n) is 0.787. The van der Waals surface area contributed by atoms with Crippen LogP contribution in [0.4, 0.5) is 5.69 Å². The lowest BCUT2D eigenvalue weighted by atomic mass is 10.4. The van der Waals surface area contributed by atoms with Crippen molar-refractivity contribution in [2.45, 2.75) is 0 Å². The lowest BCUT2D eigenvalue weighted by Gasteiger charge is -2.03. The number of ether oxygens (including phenoxy) is 1. The Kier molecular flexibility index (Phi) is 3.07. The molecule has 0 fully saturated rings. The van der Waals surface area contributed by atoms with Gasteiger partial charge in [-0.15, -0.1) is 0 Å². The van der Waals surface area contributed by atoms with Gasteiger partial charge in [0.15, 0.2) is 0 Å². The molecule has 1 aromatic rings. The highest BCUT2D eigenvalue weighted by molar-refractivity contribution is 5.59. The van der Waals surface area contributed by atoms with Crippen LogP contribution in [0.15, 0.2) is 18.5 Å². The Morgan fingerprint density at radius 1 is 1.67 bits per heavy atom. The number of aldehydes is 1. The van der Waals surface area contributed by atoms with E-state index in [4.69, 9.17) is 4.74 Å². The molecule has 0 saturated carbocycles. The monoisotopic (exact) mass is 166 g/mol. The first-order valence-electron chi connectivity index (χ1n) is 3.53. The number of rotatable bonds is 4. The molecule has 0 bridgehead atoms. The van der Waals surface area contributed by atoms with Crippen LogP contribution in [0, 0.1) is 0 Å². The van der Waals surface area contributed by atoms with E-state index in [0.29, 0.717) is 5.75 Å². The number of nitrogens with zero attached hydrogens (tertiary/aromatic N) is 1. The summed E-state index contributed by atoms with van der Waals surface area (Å²) in [6.45, 7) is 0.287. The van der Waals surface area contributed by atoms with Crippen LogP contribution in [-0.2, 0) is 4.79 Å². The largest absolute Gasteiger partial charge is 0.495 e. The van der Waals surface area contributed by atoms with Crippen LogP contribution in [0.25, 0.3) is 0 Å². The van der Waals surface area contributed by atoms with Gasteiger partial charge in [0.2, 0.25) is 0 Å². The van der Waals surface area contributed by atoms with E-state index < -0.39 is 0 Å². The SMILES string of the molecule is COc1cncc(NCC=O)c1. The zero-order chi connectivity index (χ0) is 8.81. The summed E-state index contributed by atoms with van der Waals surface area (Å²) in [6.07, 6.45) is 4.03. The van der Waals surface area contributed by atoms with Crippen molar-refractivity contribution in [2.75, 3.05) is 19.0 Å². The molecule has 1 N–H and O–H groups in total. The lowest BCUT2D eigenvalue weighted by Crippen LogP contribution is -2.02. The van der Waals surface area contributed by atoms with Crippen LogP contribution in [-0.4, -0.2) is 24.9 Å². The maximum Gasteiger partial charge on any atom is 0.139 e. The van der Waals surface area contributed by atoms with Crippen molar-refractivity contribution in [2.24, 2.45) is 0 Å². The Labute approximate surface area is 70.6 Å². The third-order valence-electron chi connectivity index (χ3n) is 1.34. The van der Waals surface area contributed by atoms with Gasteiger partial charge in [-0.2, -0.15) is 0 Å². The minimum absolute atomic E-state index is 0.287. The fraction of sp³-hybridized carbons (Fsp3) is 0.250. The van der Waals surface area contributed by atoms with Crippen molar-refractivity contribution in [3.8, 4) is 5.75 Å². The molecule has 0 unspecified atom stereocenters. The van der Waals surface area contributed by atoms with Crippen LogP contribution in [0.5, 0.6) is 5.75 Å². The van der Waals surface area contributed by atoms with Crippen LogP contribution >= 0.6 is 0 Å². The van der Waals surface area contributed by atoms with E-state index >= 15 is 0 Å². The molecule has 0 saturated heterocycles. The second kappa shape index (κ2) is 4.33. The van der Waals surface area contributed by atoms with Crippen molar-refractivity contribution < 1.29 is 9.53 Å². The molecule has 1 aromatic heterocycles. The van der Waals surface area contributed by atoms with Gasteiger partial charge in [-0.25, -0.2) is 0 Å². The Bertz CT molecular complexity index is 263. The average Bonchev–Trinajstić information content (AvgIpc) is 2.15. The van der Waals surface area contributed by atoms with Crippen LogP contribution in [0.2, 0.25) is 0 Å². The molecule has 4 heteroatoms. The van der Waals surface area contributed by atoms with Gasteiger partial charge in [-0.1, -0.05) is 0 Å². The number of aromatic nitrogens is 1. The maximum absolute atomic E-state index is 10.0. The van der Waals surface area contributed by atoms with Gasteiger partial charge in [0.05, 0.1) is 31.7 Å². The molecular weight excluding hydrogens is 156 g/mol. The summed E-state index contributed by atoms with van der Waals surface area (Å²) in [5.74, 6) is 0.672. The van der Waals surface area contributed by atoms with Crippen LogP contribution < -0.4 is 10.1 Å². The standard InChI is InChI=1S/C8H10N2O2/c1-12-8-4-7(5-9-6-8)10-2-3-11/h3-6,10H,2H2,1H3.